The summed E-state index contributed by atoms with van der Waals surface area (Å²) in [6.45, 7) is 7.95. The second kappa shape index (κ2) is 11.9. The van der Waals surface area contributed by atoms with Crippen molar-refractivity contribution < 1.29 is 28.6 Å². The monoisotopic (exact) mass is 487 g/mol. The average molecular weight is 488 g/mol. The van der Waals surface area contributed by atoms with E-state index in [0.29, 0.717) is 43.5 Å². The van der Waals surface area contributed by atoms with E-state index in [1.807, 2.05) is 25.1 Å². The van der Waals surface area contributed by atoms with E-state index in [0.717, 1.165) is 11.3 Å². The van der Waals surface area contributed by atoms with Crippen molar-refractivity contribution in [3.05, 3.63) is 47.8 Å². The van der Waals surface area contributed by atoms with E-state index in [9.17, 15) is 19.1 Å². The largest absolute Gasteiger partial charge is 0.497 e. The van der Waals surface area contributed by atoms with Gasteiger partial charge in [-0.2, -0.15) is 0 Å². The van der Waals surface area contributed by atoms with Crippen LogP contribution < -0.4 is 20.3 Å². The van der Waals surface area contributed by atoms with Crippen LogP contribution in [0.4, 0.5) is 26.2 Å². The van der Waals surface area contributed by atoms with E-state index < -0.39 is 17.8 Å². The number of aliphatic carboxylic acids is 1. The molecule has 0 bridgehead atoms. The van der Waals surface area contributed by atoms with Gasteiger partial charge in [-0.05, 0) is 48.1 Å². The molecule has 0 aromatic heterocycles. The lowest BCUT2D eigenvalue weighted by Crippen LogP contribution is -2.48. The van der Waals surface area contributed by atoms with Crippen LogP contribution in [0.25, 0.3) is 0 Å². The molecule has 1 aliphatic heterocycles. The lowest BCUT2D eigenvalue weighted by molar-refractivity contribution is -0.137. The minimum Gasteiger partial charge on any atom is -0.497 e. The molecule has 2 amide bonds. The van der Waals surface area contributed by atoms with Gasteiger partial charge in [-0.1, -0.05) is 26.8 Å². The molecule has 1 heterocycles. The Labute approximate surface area is 205 Å². The second-order valence-corrected chi connectivity index (χ2v) is 8.98. The third-order valence-electron chi connectivity index (χ3n) is 6.32. The van der Waals surface area contributed by atoms with Crippen molar-refractivity contribution in [3.63, 3.8) is 0 Å². The van der Waals surface area contributed by atoms with Gasteiger partial charge < -0.3 is 30.1 Å². The van der Waals surface area contributed by atoms with E-state index in [1.54, 1.807) is 6.07 Å². The van der Waals surface area contributed by atoms with Gasteiger partial charge in [0, 0.05) is 12.6 Å². The highest BCUT2D eigenvalue weighted by Gasteiger charge is 2.28. The number of carboxylic acids is 1. The molecule has 2 atom stereocenters. The number of ether oxygens (including phenoxy) is 2. The molecular weight excluding hydrogens is 453 g/mol. The lowest BCUT2D eigenvalue weighted by Gasteiger charge is -2.40. The fourth-order valence-electron chi connectivity index (χ4n) is 4.34. The molecule has 1 aliphatic rings. The van der Waals surface area contributed by atoms with Crippen LogP contribution in [0.15, 0.2) is 36.4 Å². The predicted molar refractivity (Wildman–Crippen MR) is 134 cm³/mol. The van der Waals surface area contributed by atoms with Gasteiger partial charge in [0.15, 0.2) is 0 Å². The molecule has 3 N–H and O–H groups in total. The zero-order chi connectivity index (χ0) is 25.5. The molecule has 1 unspecified atom stereocenters. The molecule has 2 aromatic rings. The number of methoxy groups -OCH3 is 1. The first-order valence-electron chi connectivity index (χ1n) is 11.8. The Morgan fingerprint density at radius 3 is 2.57 bits per heavy atom. The van der Waals surface area contributed by atoms with E-state index in [4.69, 9.17) is 9.47 Å². The number of rotatable bonds is 9. The van der Waals surface area contributed by atoms with E-state index in [1.165, 1.54) is 19.2 Å². The maximum atomic E-state index is 14.4. The Kier molecular flexibility index (Phi) is 8.92. The zero-order valence-electron chi connectivity index (χ0n) is 20.6. The highest BCUT2D eigenvalue weighted by Crippen LogP contribution is 2.35. The number of anilines is 3. The molecule has 35 heavy (non-hydrogen) atoms. The van der Waals surface area contributed by atoms with Crippen LogP contribution >= 0.6 is 0 Å². The van der Waals surface area contributed by atoms with Gasteiger partial charge in [0.25, 0.3) is 0 Å². The number of carboxylic acid groups (broad SMARTS) is 1. The third kappa shape index (κ3) is 6.63. The van der Waals surface area contributed by atoms with Crippen molar-refractivity contribution in [2.75, 3.05) is 42.4 Å². The Balaban J connectivity index is 1.94. The maximum absolute atomic E-state index is 14.4. The summed E-state index contributed by atoms with van der Waals surface area (Å²) < 4.78 is 25.1. The molecule has 8 nitrogen and oxygen atoms in total. The zero-order valence-corrected chi connectivity index (χ0v) is 20.6. The Morgan fingerprint density at radius 1 is 1.20 bits per heavy atom. The molecule has 0 aliphatic carbocycles. The fraction of sp³-hybridized carbons (Fsp3) is 0.462. The third-order valence-corrected chi connectivity index (χ3v) is 6.32. The molecule has 0 spiro atoms. The number of morpholine rings is 1. The highest BCUT2D eigenvalue weighted by molar-refractivity contribution is 6.02. The van der Waals surface area contributed by atoms with Gasteiger partial charge in [-0.15, -0.1) is 0 Å². The lowest BCUT2D eigenvalue weighted by atomic mass is 9.92. The topological polar surface area (TPSA) is 100 Å². The van der Waals surface area contributed by atoms with Crippen molar-refractivity contribution >= 4 is 29.1 Å². The summed E-state index contributed by atoms with van der Waals surface area (Å²) in [6.07, 6.45) is 0.630. The van der Waals surface area contributed by atoms with Crippen molar-refractivity contribution in [3.8, 4) is 5.75 Å². The van der Waals surface area contributed by atoms with Gasteiger partial charge in [-0.3, -0.25) is 4.79 Å². The number of urea groups is 1. The molecule has 190 valence electrons. The summed E-state index contributed by atoms with van der Waals surface area (Å²) in [6, 6.07) is 9.36. The number of hydrogen-bond donors (Lipinski definition) is 3. The first-order chi connectivity index (χ1) is 16.7. The second-order valence-electron chi connectivity index (χ2n) is 8.98. The van der Waals surface area contributed by atoms with Crippen LogP contribution in [-0.2, 0) is 9.53 Å². The number of nitrogens with zero attached hydrogens (tertiary/aromatic N) is 1. The smallest absolute Gasteiger partial charge is 0.323 e. The molecule has 1 saturated heterocycles. The average Bonchev–Trinajstić information content (AvgIpc) is 2.83. The van der Waals surface area contributed by atoms with Crippen LogP contribution in [0.3, 0.4) is 0 Å². The fourth-order valence-corrected chi connectivity index (χ4v) is 4.34. The number of halogens is 1. The van der Waals surface area contributed by atoms with Gasteiger partial charge >= 0.3 is 12.0 Å². The number of hydrogen-bond acceptors (Lipinski definition) is 5. The minimum atomic E-state index is -0.879. The number of amides is 2. The van der Waals surface area contributed by atoms with Crippen LogP contribution in [0.5, 0.6) is 5.75 Å². The van der Waals surface area contributed by atoms with Crippen LogP contribution in [-0.4, -0.2) is 50.0 Å². The van der Waals surface area contributed by atoms with Crippen molar-refractivity contribution in [2.45, 2.75) is 45.6 Å². The number of carbonyl (C=O) groups is 2. The van der Waals surface area contributed by atoms with Gasteiger partial charge in [-0.25, -0.2) is 9.18 Å². The van der Waals surface area contributed by atoms with Crippen LogP contribution in [0, 0.1) is 11.7 Å². The van der Waals surface area contributed by atoms with Crippen molar-refractivity contribution in [2.24, 2.45) is 5.92 Å². The first-order valence-corrected chi connectivity index (χ1v) is 11.8. The van der Waals surface area contributed by atoms with E-state index >= 15 is 0 Å². The normalized spacial score (nSPS) is 16.6. The van der Waals surface area contributed by atoms with Crippen LogP contribution in [0.2, 0.25) is 0 Å². The molecule has 9 heteroatoms. The van der Waals surface area contributed by atoms with Crippen LogP contribution in [0.1, 0.15) is 45.1 Å². The highest BCUT2D eigenvalue weighted by atomic mass is 19.1. The number of carbonyl (C=O) groups excluding carboxylic acids is 1. The Hall–Kier alpha value is -3.33. The summed E-state index contributed by atoms with van der Waals surface area (Å²) in [7, 11) is 1.44. The van der Waals surface area contributed by atoms with Crippen molar-refractivity contribution in [1.29, 1.82) is 0 Å². The molecule has 1 fully saturated rings. The quantitative estimate of drug-likeness (QED) is 0.443. The minimum absolute atomic E-state index is 0.00921. The first kappa shape index (κ1) is 26.3. The standard InChI is InChI=1S/C26H34FN3O5/c1-5-17(13-25(31)32)18-6-9-23(30-10-11-35-15-24(30)16(2)3)22(12-18)29-26(33)28-21-8-7-19(34-4)14-20(21)27/h6-9,12,14,16-17,24H,5,10-11,13,15H2,1-4H3,(H,31,32)(H2,28,29,33)/t17?,24-/m0/s1. The SMILES string of the molecule is CCC(CC(=O)O)c1ccc(N2CCOC[C@H]2C(C)C)c(NC(=O)Nc2ccc(OC)cc2F)c1. The van der Waals surface area contributed by atoms with E-state index in [2.05, 4.69) is 29.4 Å². The maximum Gasteiger partial charge on any atom is 0.323 e. The summed E-state index contributed by atoms with van der Waals surface area (Å²) in [5, 5.41) is 14.7. The van der Waals surface area contributed by atoms with Crippen molar-refractivity contribution in [1.82, 2.24) is 0 Å². The Morgan fingerprint density at radius 2 is 1.94 bits per heavy atom. The van der Waals surface area contributed by atoms with E-state index in [-0.39, 0.29) is 24.1 Å². The number of benzene rings is 2. The van der Waals surface area contributed by atoms with Gasteiger partial charge in [0.2, 0.25) is 0 Å². The molecule has 3 rings (SSSR count). The summed E-state index contributed by atoms with van der Waals surface area (Å²) in [5.74, 6) is -1.04. The summed E-state index contributed by atoms with van der Waals surface area (Å²) in [5.41, 5.74) is 2.18. The Bertz CT molecular complexity index is 1050. The number of nitrogens with one attached hydrogen (secondary N) is 2. The van der Waals surface area contributed by atoms with Gasteiger partial charge in [0.1, 0.15) is 11.6 Å². The molecule has 0 saturated carbocycles. The summed E-state index contributed by atoms with van der Waals surface area (Å²) in [4.78, 5) is 26.5. The van der Waals surface area contributed by atoms with Gasteiger partial charge in [0.05, 0.1) is 49.8 Å². The molecular formula is C26H34FN3O5. The molecule has 0 radical (unpaired) electrons. The predicted octanol–water partition coefficient (Wildman–Crippen LogP) is 5.31. The molecule has 2 aromatic carbocycles. The summed E-state index contributed by atoms with van der Waals surface area (Å²) >= 11 is 0.